The van der Waals surface area contributed by atoms with Crippen molar-refractivity contribution < 1.29 is 13.8 Å². The van der Waals surface area contributed by atoms with E-state index in [0.29, 0.717) is 5.92 Å². The van der Waals surface area contributed by atoms with Crippen LogP contribution >= 0.6 is 18.9 Å². The Kier molecular flexibility index (Phi) is 3.05. The van der Waals surface area contributed by atoms with E-state index in [9.17, 15) is 0 Å². The van der Waals surface area contributed by atoms with Crippen LogP contribution in [0.4, 0.5) is 0 Å². The largest absolute Gasteiger partial charge is 0.547 e. The average Bonchev–Trinajstić information content (AvgIpc) is 2.81. The molecule has 114 valence electrons. The van der Waals surface area contributed by atoms with Crippen molar-refractivity contribution in [3.05, 3.63) is 12.2 Å². The van der Waals surface area contributed by atoms with Gasteiger partial charge in [0.2, 0.25) is 5.72 Å². The second kappa shape index (κ2) is 4.53. The summed E-state index contributed by atoms with van der Waals surface area (Å²) < 4.78 is 11.0. The van der Waals surface area contributed by atoms with E-state index in [1.807, 2.05) is 11.4 Å². The molecule has 1 saturated carbocycles. The molecule has 4 aliphatic rings. The maximum Gasteiger partial charge on any atom is 0.547 e. The smallest absolute Gasteiger partial charge is 0.272 e. The molecular formula is C14H23N4OPS+2. The van der Waals surface area contributed by atoms with E-state index in [0.717, 1.165) is 31.9 Å². The molecule has 4 rings (SSSR count). The summed E-state index contributed by atoms with van der Waals surface area (Å²) >= 11 is 1.97. The highest BCUT2D eigenvalue weighted by Crippen LogP contribution is 2.73. The van der Waals surface area contributed by atoms with Crippen LogP contribution in [0.25, 0.3) is 0 Å². The number of azo groups is 2. The zero-order chi connectivity index (χ0) is 14.8. The van der Waals surface area contributed by atoms with Gasteiger partial charge in [0.15, 0.2) is 13.1 Å². The average molecular weight is 326 g/mol. The van der Waals surface area contributed by atoms with Crippen LogP contribution in [0.2, 0.25) is 0 Å². The molecule has 3 heterocycles. The van der Waals surface area contributed by atoms with E-state index < -0.39 is 7.50 Å². The SMILES string of the molecule is C=C(C)[C@H]1CC[C@@]2(C)SP3NC4=[N+](C)CC[N+]4=N[C@]2(C1)O3. The first-order valence-electron chi connectivity index (χ1n) is 7.61. The first kappa shape index (κ1) is 14.2. The Morgan fingerprint density at radius 1 is 1.57 bits per heavy atom. The Hall–Kier alpha value is -0.450. The van der Waals surface area contributed by atoms with Crippen molar-refractivity contribution in [1.29, 1.82) is 0 Å². The molecule has 21 heavy (non-hydrogen) atoms. The van der Waals surface area contributed by atoms with E-state index in [1.165, 1.54) is 12.0 Å². The normalized spacial score (nSPS) is 44.6. The van der Waals surface area contributed by atoms with E-state index in [4.69, 9.17) is 9.64 Å². The van der Waals surface area contributed by atoms with Gasteiger partial charge in [-0.2, -0.15) is 4.58 Å². The van der Waals surface area contributed by atoms with E-state index in [1.54, 1.807) is 0 Å². The van der Waals surface area contributed by atoms with Crippen LogP contribution in [-0.4, -0.2) is 45.8 Å². The number of hydrogen-bond acceptors (Lipinski definition) is 4. The number of nitrogens with one attached hydrogen (secondary N) is 1. The minimum atomic E-state index is -0.704. The summed E-state index contributed by atoms with van der Waals surface area (Å²) in [5.41, 5.74) is 0.886. The van der Waals surface area contributed by atoms with Crippen LogP contribution in [0.5, 0.6) is 0 Å². The molecular weight excluding hydrogens is 303 g/mol. The number of guanidine groups is 1. The van der Waals surface area contributed by atoms with Crippen molar-refractivity contribution in [1.82, 2.24) is 5.09 Å². The fourth-order valence-corrected chi connectivity index (χ4v) is 8.46. The quantitative estimate of drug-likeness (QED) is 0.457. The van der Waals surface area contributed by atoms with Gasteiger partial charge in [-0.3, -0.25) is 4.52 Å². The van der Waals surface area contributed by atoms with E-state index in [-0.39, 0.29) is 10.5 Å². The van der Waals surface area contributed by atoms with Gasteiger partial charge in [0.25, 0.3) is 0 Å². The van der Waals surface area contributed by atoms with Crippen LogP contribution in [0, 0.1) is 5.92 Å². The molecule has 0 aromatic carbocycles. The Balaban J connectivity index is 1.80. The molecule has 7 heteroatoms. The van der Waals surface area contributed by atoms with Gasteiger partial charge in [0.05, 0.1) is 4.75 Å². The number of likely N-dealkylation sites (N-methyl/N-ethyl adjacent to an activating group) is 1. The molecule has 1 aliphatic carbocycles. The number of fused-ring (bicyclic) bond motifs is 2. The van der Waals surface area contributed by atoms with Gasteiger partial charge in [-0.25, -0.2) is 0 Å². The molecule has 0 aromatic rings. The third-order valence-corrected chi connectivity index (χ3v) is 9.41. The predicted molar refractivity (Wildman–Crippen MR) is 85.6 cm³/mol. The molecule has 3 aliphatic heterocycles. The second-order valence-electron chi connectivity index (χ2n) is 6.82. The van der Waals surface area contributed by atoms with E-state index >= 15 is 0 Å². The van der Waals surface area contributed by atoms with E-state index in [2.05, 4.69) is 41.8 Å². The van der Waals surface area contributed by atoms with Gasteiger partial charge in [-0.15, -0.1) is 5.09 Å². The summed E-state index contributed by atoms with van der Waals surface area (Å²) in [5, 5.41) is 8.73. The Morgan fingerprint density at radius 3 is 3.14 bits per heavy atom. The van der Waals surface area contributed by atoms with Gasteiger partial charge in [-0.05, 0) is 48.7 Å². The third-order valence-electron chi connectivity index (χ3n) is 5.26. The van der Waals surface area contributed by atoms with Crippen molar-refractivity contribution in [2.45, 2.75) is 43.6 Å². The van der Waals surface area contributed by atoms with Crippen LogP contribution in [0.1, 0.15) is 33.1 Å². The Morgan fingerprint density at radius 2 is 2.38 bits per heavy atom. The van der Waals surface area contributed by atoms with Crippen molar-refractivity contribution >= 4 is 24.8 Å². The molecule has 1 unspecified atom stereocenters. The highest BCUT2D eigenvalue weighted by molar-refractivity contribution is 8.54. The summed E-state index contributed by atoms with van der Waals surface area (Å²) in [7, 11) is 1.41. The molecule has 0 radical (unpaired) electrons. The van der Waals surface area contributed by atoms with Gasteiger partial charge < -0.3 is 0 Å². The Labute approximate surface area is 131 Å². The lowest BCUT2D eigenvalue weighted by molar-refractivity contribution is -0.514. The lowest BCUT2D eigenvalue weighted by Crippen LogP contribution is -2.51. The van der Waals surface area contributed by atoms with Crippen LogP contribution in [-0.2, 0) is 4.52 Å². The summed E-state index contributed by atoms with van der Waals surface area (Å²) in [6.45, 7) is 10.6. The fourth-order valence-electron chi connectivity index (χ4n) is 3.69. The highest BCUT2D eigenvalue weighted by atomic mass is 32.7. The zero-order valence-electron chi connectivity index (χ0n) is 12.9. The van der Waals surface area contributed by atoms with Gasteiger partial charge in [0, 0.05) is 6.42 Å². The molecule has 0 amide bonds. The number of allylic oxidation sites excluding steroid dienone is 1. The molecule has 2 fully saturated rings. The van der Waals surface area contributed by atoms with Crippen molar-refractivity contribution in [2.75, 3.05) is 20.1 Å². The molecule has 2 bridgehead atoms. The Bertz CT molecular complexity index is 592. The predicted octanol–water partition coefficient (Wildman–Crippen LogP) is 2.89. The van der Waals surface area contributed by atoms with Crippen molar-refractivity contribution in [2.24, 2.45) is 11.0 Å². The number of nitrogens with zero attached hydrogens (tertiary/aromatic N) is 3. The summed E-state index contributed by atoms with van der Waals surface area (Å²) in [5.74, 6) is 1.64. The monoisotopic (exact) mass is 326 g/mol. The number of hydrogen-bond donors (Lipinski definition) is 1. The molecule has 5 nitrogen and oxygen atoms in total. The lowest BCUT2D eigenvalue weighted by atomic mass is 9.74. The standard InChI is InChI=1S/C14H22N4OPS/c1-10(2)11-5-6-13(3)14(9-11)16-18-8-7-17(4)12(18)15-20(19-14)21-13/h11H,1,5-9H2,2-4H3/q+1/p+1/t11-,13+,14+,20?/m0/s1. The molecule has 0 aromatic heterocycles. The first-order valence-corrected chi connectivity index (χ1v) is 10.3. The third kappa shape index (κ3) is 1.95. The van der Waals surface area contributed by atoms with Gasteiger partial charge in [-0.1, -0.05) is 17.3 Å². The number of rotatable bonds is 1. The second-order valence-corrected chi connectivity index (χ2v) is 10.4. The summed E-state index contributed by atoms with van der Waals surface area (Å²) in [6.07, 6.45) is 3.33. The minimum Gasteiger partial charge on any atom is -0.272 e. The maximum atomic E-state index is 6.50. The van der Waals surface area contributed by atoms with Gasteiger partial charge >= 0.3 is 13.5 Å². The first-order chi connectivity index (χ1) is 9.92. The molecule has 4 atom stereocenters. The van der Waals surface area contributed by atoms with Crippen LogP contribution < -0.4 is 5.09 Å². The topological polar surface area (TPSA) is 39.6 Å². The van der Waals surface area contributed by atoms with Gasteiger partial charge in [0.1, 0.15) is 7.05 Å². The zero-order valence-corrected chi connectivity index (χ0v) is 14.6. The fraction of sp³-hybridized carbons (Fsp3) is 0.786. The highest BCUT2D eigenvalue weighted by Gasteiger charge is 2.68. The molecule has 1 spiro atoms. The van der Waals surface area contributed by atoms with Crippen LogP contribution in [0.15, 0.2) is 17.3 Å². The maximum absolute atomic E-state index is 6.50. The van der Waals surface area contributed by atoms with Crippen molar-refractivity contribution in [3.8, 4) is 0 Å². The summed E-state index contributed by atoms with van der Waals surface area (Å²) in [6, 6.07) is 0. The summed E-state index contributed by atoms with van der Waals surface area (Å²) in [4.78, 5) is 0. The molecule has 1 saturated heterocycles. The molecule has 1 N–H and O–H groups in total. The van der Waals surface area contributed by atoms with Crippen LogP contribution in [0.3, 0.4) is 0 Å². The lowest BCUT2D eigenvalue weighted by Gasteiger charge is -2.42. The minimum absolute atomic E-state index is 0.0876. The van der Waals surface area contributed by atoms with Crippen molar-refractivity contribution in [3.63, 3.8) is 0 Å².